The smallest absolute Gasteiger partial charge is 0.274 e. The molecule has 6 nitrogen and oxygen atoms in total. The predicted molar refractivity (Wildman–Crippen MR) is 109 cm³/mol. The number of hydrogen-bond acceptors (Lipinski definition) is 4. The van der Waals surface area contributed by atoms with Gasteiger partial charge < -0.3 is 19.1 Å². The highest BCUT2D eigenvalue weighted by atomic mass is 16.5. The Bertz CT molecular complexity index is 947. The Kier molecular flexibility index (Phi) is 5.99. The molecule has 28 heavy (non-hydrogen) atoms. The molecule has 0 aliphatic heterocycles. The first-order valence-corrected chi connectivity index (χ1v) is 9.44. The summed E-state index contributed by atoms with van der Waals surface area (Å²) in [7, 11) is 3.28. The number of pyridine rings is 1. The van der Waals surface area contributed by atoms with Gasteiger partial charge in [0.15, 0.2) is 5.69 Å². The first kappa shape index (κ1) is 19.9. The van der Waals surface area contributed by atoms with Crippen LogP contribution < -0.4 is 4.74 Å². The van der Waals surface area contributed by atoms with Crippen LogP contribution in [0.5, 0.6) is 5.75 Å². The van der Waals surface area contributed by atoms with Crippen molar-refractivity contribution in [2.24, 2.45) is 5.92 Å². The van der Waals surface area contributed by atoms with E-state index >= 15 is 0 Å². The number of methoxy groups -OCH3 is 1. The average Bonchev–Trinajstić information content (AvgIpc) is 3.05. The SMILES string of the molecule is COc1ccc(C(O)CN(C)C(=O)c2nc(CC(C)C)n3ccccc23)cc1. The van der Waals surface area contributed by atoms with Gasteiger partial charge in [-0.2, -0.15) is 0 Å². The minimum atomic E-state index is -0.788. The minimum absolute atomic E-state index is 0.177. The van der Waals surface area contributed by atoms with Crippen molar-refractivity contribution in [2.45, 2.75) is 26.4 Å². The number of carbonyl (C=O) groups is 1. The number of aliphatic hydroxyl groups is 1. The maximum Gasteiger partial charge on any atom is 0.274 e. The van der Waals surface area contributed by atoms with Gasteiger partial charge in [0.25, 0.3) is 5.91 Å². The normalized spacial score (nSPS) is 12.4. The molecule has 1 atom stereocenters. The van der Waals surface area contributed by atoms with Crippen LogP contribution in [0.2, 0.25) is 0 Å². The molecule has 0 bridgehead atoms. The molecule has 0 fully saturated rings. The fraction of sp³-hybridized carbons (Fsp3) is 0.364. The fourth-order valence-corrected chi connectivity index (χ4v) is 3.22. The molecule has 6 heteroatoms. The van der Waals surface area contributed by atoms with Crippen LogP contribution in [0.3, 0.4) is 0 Å². The molecule has 1 amide bonds. The number of aromatic nitrogens is 2. The van der Waals surface area contributed by atoms with E-state index in [1.807, 2.05) is 28.8 Å². The highest BCUT2D eigenvalue weighted by Gasteiger charge is 2.23. The van der Waals surface area contributed by atoms with Crippen molar-refractivity contribution in [2.75, 3.05) is 20.7 Å². The Morgan fingerprint density at radius 1 is 1.21 bits per heavy atom. The monoisotopic (exact) mass is 381 g/mol. The number of nitrogens with zero attached hydrogens (tertiary/aromatic N) is 3. The molecule has 148 valence electrons. The number of benzene rings is 1. The number of ether oxygens (including phenoxy) is 1. The van der Waals surface area contributed by atoms with Crippen LogP contribution in [0, 0.1) is 5.92 Å². The topological polar surface area (TPSA) is 67.1 Å². The zero-order valence-corrected chi connectivity index (χ0v) is 16.8. The second kappa shape index (κ2) is 8.44. The van der Waals surface area contributed by atoms with Crippen LogP contribution in [0.4, 0.5) is 0 Å². The van der Waals surface area contributed by atoms with E-state index in [0.717, 1.165) is 29.1 Å². The zero-order chi connectivity index (χ0) is 20.3. The van der Waals surface area contributed by atoms with E-state index in [-0.39, 0.29) is 12.5 Å². The number of carbonyl (C=O) groups excluding carboxylic acids is 1. The van der Waals surface area contributed by atoms with E-state index in [9.17, 15) is 9.90 Å². The Morgan fingerprint density at radius 2 is 1.93 bits per heavy atom. The van der Waals surface area contributed by atoms with Crippen LogP contribution in [0.15, 0.2) is 48.7 Å². The standard InChI is InChI=1S/C22H27N3O3/c1-15(2)13-20-23-21(18-7-5-6-12-25(18)20)22(27)24(3)14-19(26)16-8-10-17(28-4)11-9-16/h5-12,15,19,26H,13-14H2,1-4H3. The van der Waals surface area contributed by atoms with Crippen molar-refractivity contribution in [1.82, 2.24) is 14.3 Å². The maximum absolute atomic E-state index is 13.0. The van der Waals surface area contributed by atoms with Crippen molar-refractivity contribution < 1.29 is 14.6 Å². The van der Waals surface area contributed by atoms with Crippen molar-refractivity contribution in [3.63, 3.8) is 0 Å². The number of fused-ring (bicyclic) bond motifs is 1. The Morgan fingerprint density at radius 3 is 2.57 bits per heavy atom. The summed E-state index contributed by atoms with van der Waals surface area (Å²) in [5, 5.41) is 10.5. The molecule has 1 unspecified atom stereocenters. The summed E-state index contributed by atoms with van der Waals surface area (Å²) in [6.07, 6.45) is 1.93. The van der Waals surface area contributed by atoms with E-state index in [0.29, 0.717) is 11.6 Å². The minimum Gasteiger partial charge on any atom is -0.497 e. The van der Waals surface area contributed by atoms with Gasteiger partial charge in [0.2, 0.25) is 0 Å². The number of aliphatic hydroxyl groups excluding tert-OH is 1. The summed E-state index contributed by atoms with van der Waals surface area (Å²) >= 11 is 0. The quantitative estimate of drug-likeness (QED) is 0.682. The molecular weight excluding hydrogens is 354 g/mol. The lowest BCUT2D eigenvalue weighted by Gasteiger charge is -2.20. The van der Waals surface area contributed by atoms with Crippen LogP contribution in [-0.2, 0) is 6.42 Å². The van der Waals surface area contributed by atoms with Gasteiger partial charge in [-0.1, -0.05) is 32.0 Å². The van der Waals surface area contributed by atoms with Gasteiger partial charge in [-0.15, -0.1) is 0 Å². The molecule has 0 saturated carbocycles. The molecule has 1 N–H and O–H groups in total. The third-order valence-corrected chi connectivity index (χ3v) is 4.71. The summed E-state index contributed by atoms with van der Waals surface area (Å²) in [6, 6.07) is 12.9. The number of hydrogen-bond donors (Lipinski definition) is 1. The second-order valence-corrected chi connectivity index (χ2v) is 7.41. The lowest BCUT2D eigenvalue weighted by atomic mass is 10.1. The highest BCUT2D eigenvalue weighted by Crippen LogP contribution is 2.21. The van der Waals surface area contributed by atoms with Gasteiger partial charge in [0, 0.05) is 19.7 Å². The number of likely N-dealkylation sites (N-methyl/N-ethyl adjacent to an activating group) is 1. The molecule has 0 spiro atoms. The van der Waals surface area contributed by atoms with Crippen molar-refractivity contribution in [1.29, 1.82) is 0 Å². The van der Waals surface area contributed by atoms with Gasteiger partial charge in [0.1, 0.15) is 11.6 Å². The van der Waals surface area contributed by atoms with Crippen molar-refractivity contribution in [3.05, 3.63) is 65.7 Å². The molecule has 2 aromatic heterocycles. The van der Waals surface area contributed by atoms with Gasteiger partial charge in [-0.05, 0) is 35.7 Å². The Hall–Kier alpha value is -2.86. The molecular formula is C22H27N3O3. The third kappa shape index (κ3) is 4.17. The average molecular weight is 381 g/mol. The largest absolute Gasteiger partial charge is 0.497 e. The van der Waals surface area contributed by atoms with Gasteiger partial charge in [0.05, 0.1) is 25.3 Å². The van der Waals surface area contributed by atoms with Gasteiger partial charge in [-0.3, -0.25) is 4.79 Å². The van der Waals surface area contributed by atoms with E-state index in [1.165, 1.54) is 4.90 Å². The van der Waals surface area contributed by atoms with E-state index in [1.54, 1.807) is 38.4 Å². The predicted octanol–water partition coefficient (Wildman–Crippen LogP) is 3.35. The summed E-state index contributed by atoms with van der Waals surface area (Å²) in [4.78, 5) is 19.2. The second-order valence-electron chi connectivity index (χ2n) is 7.41. The highest BCUT2D eigenvalue weighted by molar-refractivity contribution is 5.99. The summed E-state index contributed by atoms with van der Waals surface area (Å²) < 4.78 is 7.11. The third-order valence-electron chi connectivity index (χ3n) is 4.71. The van der Waals surface area contributed by atoms with Crippen LogP contribution >= 0.6 is 0 Å². The van der Waals surface area contributed by atoms with Crippen molar-refractivity contribution >= 4 is 11.4 Å². The Labute approximate surface area is 165 Å². The van der Waals surface area contributed by atoms with E-state index < -0.39 is 6.10 Å². The number of rotatable bonds is 7. The Balaban J connectivity index is 1.80. The molecule has 0 saturated heterocycles. The molecule has 0 aliphatic carbocycles. The van der Waals surface area contributed by atoms with Crippen LogP contribution in [-0.4, -0.2) is 46.0 Å². The zero-order valence-electron chi connectivity index (χ0n) is 16.8. The summed E-state index contributed by atoms with van der Waals surface area (Å²) in [5.41, 5.74) is 1.94. The van der Waals surface area contributed by atoms with E-state index in [2.05, 4.69) is 18.8 Å². The molecule has 0 radical (unpaired) electrons. The molecule has 2 heterocycles. The van der Waals surface area contributed by atoms with Gasteiger partial charge >= 0.3 is 0 Å². The number of amides is 1. The molecule has 3 rings (SSSR count). The van der Waals surface area contributed by atoms with E-state index in [4.69, 9.17) is 4.74 Å². The fourth-order valence-electron chi connectivity index (χ4n) is 3.22. The molecule has 0 aliphatic rings. The van der Waals surface area contributed by atoms with Crippen LogP contribution in [0.1, 0.15) is 41.8 Å². The molecule has 1 aromatic carbocycles. The molecule has 3 aromatic rings. The maximum atomic E-state index is 13.0. The number of imidazole rings is 1. The summed E-state index contributed by atoms with van der Waals surface area (Å²) in [6.45, 7) is 4.43. The van der Waals surface area contributed by atoms with Crippen molar-refractivity contribution in [3.8, 4) is 5.75 Å². The lowest BCUT2D eigenvalue weighted by molar-refractivity contribution is 0.0677. The lowest BCUT2D eigenvalue weighted by Crippen LogP contribution is -2.31. The first-order valence-electron chi connectivity index (χ1n) is 9.44. The first-order chi connectivity index (χ1) is 13.4. The summed E-state index contributed by atoms with van der Waals surface area (Å²) in [5.74, 6) is 1.83. The van der Waals surface area contributed by atoms with Gasteiger partial charge in [-0.25, -0.2) is 4.98 Å². The van der Waals surface area contributed by atoms with Crippen LogP contribution in [0.25, 0.3) is 5.52 Å².